The Morgan fingerprint density at radius 1 is 1.11 bits per heavy atom. The third-order valence-electron chi connectivity index (χ3n) is 3.22. The number of hydrogen-bond acceptors (Lipinski definition) is 3. The summed E-state index contributed by atoms with van der Waals surface area (Å²) in [7, 11) is 1.92. The predicted molar refractivity (Wildman–Crippen MR) is 76.1 cm³/mol. The molecule has 0 fully saturated rings. The second-order valence-electron chi connectivity index (χ2n) is 4.61. The minimum Gasteiger partial charge on any atom is -0.459 e. The molecule has 1 unspecified atom stereocenters. The Morgan fingerprint density at radius 2 is 1.95 bits per heavy atom. The quantitative estimate of drug-likeness (QED) is 0.776. The van der Waals surface area contributed by atoms with E-state index in [-0.39, 0.29) is 6.04 Å². The van der Waals surface area contributed by atoms with Crippen molar-refractivity contribution in [2.45, 2.75) is 13.0 Å². The zero-order chi connectivity index (χ0) is 13.2. The minimum absolute atomic E-state index is 0.0210. The van der Waals surface area contributed by atoms with E-state index in [2.05, 4.69) is 22.4 Å². The number of rotatable bonds is 3. The van der Waals surface area contributed by atoms with Crippen LogP contribution in [0.5, 0.6) is 0 Å². The van der Waals surface area contributed by atoms with Gasteiger partial charge in [0.05, 0.1) is 5.69 Å². The SMILES string of the molecule is CNC(c1cccc(C)n1)c1cc2ccccc2o1. The van der Waals surface area contributed by atoms with Crippen molar-refractivity contribution >= 4 is 11.0 Å². The van der Waals surface area contributed by atoms with E-state index in [1.807, 2.05) is 50.4 Å². The monoisotopic (exact) mass is 252 g/mol. The molecule has 3 rings (SSSR count). The lowest BCUT2D eigenvalue weighted by Gasteiger charge is -2.13. The summed E-state index contributed by atoms with van der Waals surface area (Å²) in [6, 6.07) is 16.1. The van der Waals surface area contributed by atoms with Crippen molar-refractivity contribution in [3.05, 3.63) is 65.7 Å². The van der Waals surface area contributed by atoms with Gasteiger partial charge in [-0.2, -0.15) is 0 Å². The van der Waals surface area contributed by atoms with Gasteiger partial charge in [-0.15, -0.1) is 0 Å². The van der Waals surface area contributed by atoms with Gasteiger partial charge in [-0.05, 0) is 38.2 Å². The molecule has 3 heteroatoms. The normalized spacial score (nSPS) is 12.7. The molecule has 2 aromatic heterocycles. The third-order valence-corrected chi connectivity index (χ3v) is 3.22. The molecule has 1 N–H and O–H groups in total. The van der Waals surface area contributed by atoms with Crippen LogP contribution in [-0.4, -0.2) is 12.0 Å². The summed E-state index contributed by atoms with van der Waals surface area (Å²) in [5.41, 5.74) is 2.89. The lowest BCUT2D eigenvalue weighted by Crippen LogP contribution is -2.18. The average molecular weight is 252 g/mol. The fourth-order valence-electron chi connectivity index (χ4n) is 2.31. The Hall–Kier alpha value is -2.13. The van der Waals surface area contributed by atoms with Gasteiger partial charge in [-0.1, -0.05) is 24.3 Å². The highest BCUT2D eigenvalue weighted by atomic mass is 16.3. The van der Waals surface area contributed by atoms with Crippen molar-refractivity contribution in [3.63, 3.8) is 0 Å². The first-order chi connectivity index (χ1) is 9.28. The number of fused-ring (bicyclic) bond motifs is 1. The van der Waals surface area contributed by atoms with E-state index in [0.29, 0.717) is 0 Å². The smallest absolute Gasteiger partial charge is 0.134 e. The summed E-state index contributed by atoms with van der Waals surface area (Å²) in [5.74, 6) is 0.891. The predicted octanol–water partition coefficient (Wildman–Crippen LogP) is 3.45. The van der Waals surface area contributed by atoms with Gasteiger partial charge < -0.3 is 9.73 Å². The van der Waals surface area contributed by atoms with Crippen LogP contribution in [0.2, 0.25) is 0 Å². The largest absolute Gasteiger partial charge is 0.459 e. The van der Waals surface area contributed by atoms with Crippen LogP contribution in [0.25, 0.3) is 11.0 Å². The fraction of sp³-hybridized carbons (Fsp3) is 0.188. The van der Waals surface area contributed by atoms with Crippen molar-refractivity contribution in [2.24, 2.45) is 0 Å². The number of para-hydroxylation sites is 1. The van der Waals surface area contributed by atoms with Crippen LogP contribution in [0.1, 0.15) is 23.2 Å². The van der Waals surface area contributed by atoms with Crippen LogP contribution in [0.4, 0.5) is 0 Å². The number of nitrogens with zero attached hydrogens (tertiary/aromatic N) is 1. The Labute approximate surface area is 112 Å². The molecule has 0 saturated carbocycles. The molecule has 96 valence electrons. The van der Waals surface area contributed by atoms with Crippen LogP contribution < -0.4 is 5.32 Å². The third kappa shape index (κ3) is 2.25. The lowest BCUT2D eigenvalue weighted by molar-refractivity contribution is 0.485. The number of benzene rings is 1. The standard InChI is InChI=1S/C16H16N2O/c1-11-6-5-8-13(18-11)16(17-2)15-10-12-7-3-4-9-14(12)19-15/h3-10,16-17H,1-2H3. The molecule has 1 atom stereocenters. The molecule has 0 aliphatic rings. The Kier molecular flexibility index (Phi) is 3.05. The molecular formula is C16H16N2O. The maximum Gasteiger partial charge on any atom is 0.134 e. The van der Waals surface area contributed by atoms with Gasteiger partial charge in [0.2, 0.25) is 0 Å². The first-order valence-corrected chi connectivity index (χ1v) is 6.37. The topological polar surface area (TPSA) is 38.1 Å². The first kappa shape index (κ1) is 11.9. The Morgan fingerprint density at radius 3 is 2.68 bits per heavy atom. The number of nitrogens with one attached hydrogen (secondary N) is 1. The van der Waals surface area contributed by atoms with Gasteiger partial charge >= 0.3 is 0 Å². The molecule has 0 amide bonds. The Bertz CT molecular complexity index is 670. The fourth-order valence-corrected chi connectivity index (χ4v) is 2.31. The van der Waals surface area contributed by atoms with Crippen molar-refractivity contribution in [2.75, 3.05) is 7.05 Å². The summed E-state index contributed by atoms with van der Waals surface area (Å²) in [4.78, 5) is 4.57. The van der Waals surface area contributed by atoms with Crippen molar-refractivity contribution < 1.29 is 4.42 Å². The van der Waals surface area contributed by atoms with Crippen LogP contribution in [-0.2, 0) is 0 Å². The zero-order valence-corrected chi connectivity index (χ0v) is 11.1. The highest BCUT2D eigenvalue weighted by Crippen LogP contribution is 2.27. The van der Waals surface area contributed by atoms with E-state index in [4.69, 9.17) is 4.42 Å². The number of aryl methyl sites for hydroxylation is 1. The van der Waals surface area contributed by atoms with Crippen LogP contribution in [0.15, 0.2) is 52.9 Å². The number of furan rings is 1. The van der Waals surface area contributed by atoms with E-state index in [0.717, 1.165) is 28.1 Å². The van der Waals surface area contributed by atoms with Gasteiger partial charge in [-0.25, -0.2) is 0 Å². The van der Waals surface area contributed by atoms with Crippen LogP contribution in [0, 0.1) is 6.92 Å². The van der Waals surface area contributed by atoms with Gasteiger partial charge in [0, 0.05) is 11.1 Å². The van der Waals surface area contributed by atoms with E-state index in [1.54, 1.807) is 0 Å². The van der Waals surface area contributed by atoms with Crippen molar-refractivity contribution in [3.8, 4) is 0 Å². The molecule has 19 heavy (non-hydrogen) atoms. The molecule has 0 radical (unpaired) electrons. The van der Waals surface area contributed by atoms with E-state index in [1.165, 1.54) is 0 Å². The second-order valence-corrected chi connectivity index (χ2v) is 4.61. The van der Waals surface area contributed by atoms with Gasteiger partial charge in [0.25, 0.3) is 0 Å². The van der Waals surface area contributed by atoms with Crippen molar-refractivity contribution in [1.29, 1.82) is 0 Å². The van der Waals surface area contributed by atoms with Gasteiger partial charge in [-0.3, -0.25) is 4.98 Å². The lowest BCUT2D eigenvalue weighted by atomic mass is 10.1. The van der Waals surface area contributed by atoms with E-state index in [9.17, 15) is 0 Å². The highest BCUT2D eigenvalue weighted by Gasteiger charge is 2.17. The highest BCUT2D eigenvalue weighted by molar-refractivity contribution is 5.77. The molecule has 3 aromatic rings. The number of pyridine rings is 1. The second kappa shape index (κ2) is 4.86. The summed E-state index contributed by atoms with van der Waals surface area (Å²) >= 11 is 0. The van der Waals surface area contributed by atoms with E-state index >= 15 is 0 Å². The first-order valence-electron chi connectivity index (χ1n) is 6.37. The molecule has 1 aromatic carbocycles. The molecule has 0 bridgehead atoms. The average Bonchev–Trinajstić information content (AvgIpc) is 2.83. The number of hydrogen-bond donors (Lipinski definition) is 1. The Balaban J connectivity index is 2.06. The molecule has 0 aliphatic carbocycles. The maximum absolute atomic E-state index is 5.91. The minimum atomic E-state index is -0.0210. The summed E-state index contributed by atoms with van der Waals surface area (Å²) < 4.78 is 5.91. The number of aromatic nitrogens is 1. The van der Waals surface area contributed by atoms with Crippen LogP contribution >= 0.6 is 0 Å². The molecule has 0 aliphatic heterocycles. The maximum atomic E-state index is 5.91. The molecule has 0 saturated heterocycles. The molecule has 0 spiro atoms. The molecule has 3 nitrogen and oxygen atoms in total. The molecule has 2 heterocycles. The van der Waals surface area contributed by atoms with E-state index < -0.39 is 0 Å². The van der Waals surface area contributed by atoms with Gasteiger partial charge in [0.15, 0.2) is 0 Å². The van der Waals surface area contributed by atoms with Gasteiger partial charge in [0.1, 0.15) is 17.4 Å². The van der Waals surface area contributed by atoms with Crippen molar-refractivity contribution in [1.82, 2.24) is 10.3 Å². The summed E-state index contributed by atoms with van der Waals surface area (Å²) in [5, 5.41) is 4.38. The summed E-state index contributed by atoms with van der Waals surface area (Å²) in [6.07, 6.45) is 0. The zero-order valence-electron chi connectivity index (χ0n) is 11.1. The molecular weight excluding hydrogens is 236 g/mol. The summed E-state index contributed by atoms with van der Waals surface area (Å²) in [6.45, 7) is 1.99. The van der Waals surface area contributed by atoms with Crippen LogP contribution in [0.3, 0.4) is 0 Å².